The lowest BCUT2D eigenvalue weighted by Gasteiger charge is -2.34. The van der Waals surface area contributed by atoms with Crippen molar-refractivity contribution in [2.24, 2.45) is 5.41 Å². The van der Waals surface area contributed by atoms with Gasteiger partial charge in [-0.05, 0) is 66.3 Å². The van der Waals surface area contributed by atoms with E-state index in [1.807, 2.05) is 91.0 Å². The van der Waals surface area contributed by atoms with Crippen LogP contribution in [0.3, 0.4) is 0 Å². The van der Waals surface area contributed by atoms with E-state index in [0.717, 1.165) is 39.6 Å². The largest absolute Gasteiger partial charge is 0.497 e. The summed E-state index contributed by atoms with van der Waals surface area (Å²) < 4.78 is 5.36. The van der Waals surface area contributed by atoms with Gasteiger partial charge in [-0.2, -0.15) is 0 Å². The lowest BCUT2D eigenvalue weighted by atomic mass is 9.71. The second-order valence-electron chi connectivity index (χ2n) is 9.84. The second-order valence-corrected chi connectivity index (χ2v) is 9.84. The van der Waals surface area contributed by atoms with Gasteiger partial charge in [0, 0.05) is 17.1 Å². The number of ether oxygens (including phenoxy) is 1. The fourth-order valence-corrected chi connectivity index (χ4v) is 5.18. The molecule has 39 heavy (non-hydrogen) atoms. The molecule has 1 N–H and O–H groups in total. The molecule has 0 fully saturated rings. The number of aromatic nitrogens is 1. The minimum atomic E-state index is -0.867. The predicted octanol–water partition coefficient (Wildman–Crippen LogP) is 6.71. The van der Waals surface area contributed by atoms with Gasteiger partial charge in [0.2, 0.25) is 5.91 Å². The van der Waals surface area contributed by atoms with Gasteiger partial charge in [0.1, 0.15) is 12.0 Å². The number of nitrogens with one attached hydrogen (secondary N) is 1. The Hall–Kier alpha value is -4.77. The topological polar surface area (TPSA) is 68.3 Å². The molecule has 194 valence electrons. The molecule has 5 heteroatoms. The number of hydrogen-bond acceptors (Lipinski definition) is 4. The second kappa shape index (κ2) is 11.7. The highest BCUT2D eigenvalue weighted by molar-refractivity contribution is 6.02. The van der Waals surface area contributed by atoms with Crippen molar-refractivity contribution in [1.82, 2.24) is 4.98 Å². The van der Waals surface area contributed by atoms with Crippen LogP contribution in [-0.4, -0.2) is 24.3 Å². The Labute approximate surface area is 228 Å². The molecule has 5 nitrogen and oxygen atoms in total. The van der Waals surface area contributed by atoms with Crippen LogP contribution in [-0.2, 0) is 24.1 Å². The molecule has 1 amide bonds. The van der Waals surface area contributed by atoms with Crippen LogP contribution in [0.2, 0.25) is 0 Å². The number of carbonyl (C=O) groups is 2. The molecule has 1 unspecified atom stereocenters. The minimum Gasteiger partial charge on any atom is -0.497 e. The molecule has 0 radical (unpaired) electrons. The molecule has 0 aliphatic rings. The number of nitrogens with zero attached hydrogens (tertiary/aromatic N) is 1. The zero-order valence-corrected chi connectivity index (χ0v) is 21.8. The zero-order valence-electron chi connectivity index (χ0n) is 21.8. The first-order chi connectivity index (χ1) is 19.1. The van der Waals surface area contributed by atoms with Gasteiger partial charge in [-0.25, -0.2) is 0 Å². The van der Waals surface area contributed by atoms with Crippen LogP contribution in [0.25, 0.3) is 10.9 Å². The van der Waals surface area contributed by atoms with E-state index >= 15 is 0 Å². The maximum Gasteiger partial charge on any atom is 0.231 e. The smallest absolute Gasteiger partial charge is 0.231 e. The highest BCUT2D eigenvalue weighted by Gasteiger charge is 2.39. The standard InChI is InChI=1S/C34H30N2O3/c1-39-30-17-15-26(16-18-30)22-34(21-25-8-3-2-4-9-25,23-27-10-5-11-28(20-27)24-37)33(38)36-31-14-6-12-29-13-7-19-35-32(29)31/h2-20,24H,21-23H2,1H3,(H,36,38). The number of para-hydroxylation sites is 1. The summed E-state index contributed by atoms with van der Waals surface area (Å²) in [6.45, 7) is 0. The maximum absolute atomic E-state index is 14.5. The first-order valence-corrected chi connectivity index (χ1v) is 12.9. The van der Waals surface area contributed by atoms with E-state index in [9.17, 15) is 9.59 Å². The molecule has 0 aliphatic heterocycles. The summed E-state index contributed by atoms with van der Waals surface area (Å²) in [4.78, 5) is 30.6. The van der Waals surface area contributed by atoms with E-state index < -0.39 is 5.41 Å². The van der Waals surface area contributed by atoms with E-state index in [-0.39, 0.29) is 5.91 Å². The van der Waals surface area contributed by atoms with Gasteiger partial charge in [0.25, 0.3) is 0 Å². The molecule has 5 rings (SSSR count). The van der Waals surface area contributed by atoms with Crippen LogP contribution >= 0.6 is 0 Å². The molecule has 5 aromatic rings. The van der Waals surface area contributed by atoms with E-state index in [2.05, 4.69) is 22.4 Å². The molecule has 0 aliphatic carbocycles. The van der Waals surface area contributed by atoms with Crippen LogP contribution in [0.1, 0.15) is 27.0 Å². The van der Waals surface area contributed by atoms with Gasteiger partial charge in [-0.3, -0.25) is 14.6 Å². The number of aldehydes is 1. The van der Waals surface area contributed by atoms with Gasteiger partial charge in [0.05, 0.1) is 23.7 Å². The number of pyridine rings is 1. The first kappa shape index (κ1) is 25.9. The lowest BCUT2D eigenvalue weighted by molar-refractivity contribution is -0.125. The Bertz CT molecular complexity index is 1580. The molecule has 0 bridgehead atoms. The number of carbonyl (C=O) groups excluding carboxylic acids is 2. The third-order valence-electron chi connectivity index (χ3n) is 7.08. The quantitative estimate of drug-likeness (QED) is 0.210. The average molecular weight is 515 g/mol. The van der Waals surface area contributed by atoms with Gasteiger partial charge in [0.15, 0.2) is 0 Å². The van der Waals surface area contributed by atoms with Crippen LogP contribution in [0, 0.1) is 5.41 Å². The number of fused-ring (bicyclic) bond motifs is 1. The normalized spacial score (nSPS) is 12.4. The molecule has 1 atom stereocenters. The average Bonchev–Trinajstić information content (AvgIpc) is 2.98. The number of methoxy groups -OCH3 is 1. The summed E-state index contributed by atoms with van der Waals surface area (Å²) >= 11 is 0. The number of hydrogen-bond donors (Lipinski definition) is 1. The molecular formula is C34H30N2O3. The van der Waals surface area contributed by atoms with E-state index in [0.29, 0.717) is 30.5 Å². The van der Waals surface area contributed by atoms with Crippen LogP contribution in [0.4, 0.5) is 5.69 Å². The zero-order chi connectivity index (χ0) is 27.1. The number of rotatable bonds is 10. The molecule has 4 aromatic carbocycles. The van der Waals surface area contributed by atoms with Crippen molar-refractivity contribution in [3.63, 3.8) is 0 Å². The molecule has 0 spiro atoms. The highest BCUT2D eigenvalue weighted by Crippen LogP contribution is 2.35. The summed E-state index contributed by atoms with van der Waals surface area (Å²) in [5, 5.41) is 4.20. The van der Waals surface area contributed by atoms with Crippen LogP contribution in [0.5, 0.6) is 5.75 Å². The minimum absolute atomic E-state index is 0.100. The fourth-order valence-electron chi connectivity index (χ4n) is 5.18. The Morgan fingerprint density at radius 2 is 1.46 bits per heavy atom. The summed E-state index contributed by atoms with van der Waals surface area (Å²) in [5.41, 5.74) is 4.14. The highest BCUT2D eigenvalue weighted by atomic mass is 16.5. The fraction of sp³-hybridized carbons (Fsp3) is 0.147. The van der Waals surface area contributed by atoms with Crippen molar-refractivity contribution >= 4 is 28.8 Å². The Morgan fingerprint density at radius 3 is 2.21 bits per heavy atom. The Kier molecular flexibility index (Phi) is 7.78. The van der Waals surface area contributed by atoms with Crippen molar-refractivity contribution in [2.45, 2.75) is 19.3 Å². The summed E-state index contributed by atoms with van der Waals surface area (Å²) in [6.07, 6.45) is 4.02. The maximum atomic E-state index is 14.5. The van der Waals surface area contributed by atoms with E-state index in [1.165, 1.54) is 0 Å². The first-order valence-electron chi connectivity index (χ1n) is 12.9. The van der Waals surface area contributed by atoms with Crippen molar-refractivity contribution in [2.75, 3.05) is 12.4 Å². The molecule has 1 aromatic heterocycles. The predicted molar refractivity (Wildman–Crippen MR) is 155 cm³/mol. The van der Waals surface area contributed by atoms with Crippen molar-refractivity contribution in [3.05, 3.63) is 138 Å². The summed E-state index contributed by atoms with van der Waals surface area (Å²) in [5.74, 6) is 0.661. The van der Waals surface area contributed by atoms with Gasteiger partial charge >= 0.3 is 0 Å². The van der Waals surface area contributed by atoms with Crippen molar-refractivity contribution in [3.8, 4) is 5.75 Å². The van der Waals surface area contributed by atoms with E-state index in [1.54, 1.807) is 19.4 Å². The Balaban J connectivity index is 1.61. The van der Waals surface area contributed by atoms with E-state index in [4.69, 9.17) is 4.74 Å². The molecule has 0 saturated heterocycles. The summed E-state index contributed by atoms with van der Waals surface area (Å²) in [6, 6.07) is 35.1. The number of anilines is 1. The van der Waals surface area contributed by atoms with Crippen LogP contribution in [0.15, 0.2) is 115 Å². The summed E-state index contributed by atoms with van der Waals surface area (Å²) in [7, 11) is 1.64. The number of amides is 1. The van der Waals surface area contributed by atoms with Crippen molar-refractivity contribution in [1.29, 1.82) is 0 Å². The van der Waals surface area contributed by atoms with Gasteiger partial charge < -0.3 is 10.1 Å². The monoisotopic (exact) mass is 514 g/mol. The van der Waals surface area contributed by atoms with Gasteiger partial charge in [-0.15, -0.1) is 0 Å². The molecule has 1 heterocycles. The lowest BCUT2D eigenvalue weighted by Crippen LogP contribution is -2.42. The van der Waals surface area contributed by atoms with Crippen molar-refractivity contribution < 1.29 is 14.3 Å². The third-order valence-corrected chi connectivity index (χ3v) is 7.08. The number of benzene rings is 4. The third kappa shape index (κ3) is 6.04. The van der Waals surface area contributed by atoms with Gasteiger partial charge in [-0.1, -0.05) is 78.9 Å². The van der Waals surface area contributed by atoms with Crippen LogP contribution < -0.4 is 10.1 Å². The molecular weight excluding hydrogens is 484 g/mol. The SMILES string of the molecule is COc1ccc(CC(Cc2ccccc2)(Cc2cccc(C=O)c2)C(=O)Nc2cccc3cccnc23)cc1. The molecule has 0 saturated carbocycles. The Morgan fingerprint density at radius 1 is 0.795 bits per heavy atom.